The van der Waals surface area contributed by atoms with Crippen molar-refractivity contribution in [3.8, 4) is 0 Å². The standard InChI is InChI=1S/C12H15FN2O3/c1-2-6-15(7-10(16)17)9-5-3-4-8(13)11(9)12(14)18/h3-5H,2,6-7H2,1H3,(H2,14,18)(H,16,17). The summed E-state index contributed by atoms with van der Waals surface area (Å²) in [6, 6.07) is 4.03. The maximum atomic E-state index is 13.6. The zero-order valence-electron chi connectivity index (χ0n) is 10.0. The second-order valence-corrected chi connectivity index (χ2v) is 3.81. The Morgan fingerprint density at radius 3 is 2.61 bits per heavy atom. The first kappa shape index (κ1) is 14.0. The van der Waals surface area contributed by atoms with Gasteiger partial charge in [0.25, 0.3) is 5.91 Å². The maximum Gasteiger partial charge on any atom is 0.323 e. The van der Waals surface area contributed by atoms with Gasteiger partial charge >= 0.3 is 5.97 Å². The van der Waals surface area contributed by atoms with Gasteiger partial charge in [0.15, 0.2) is 0 Å². The van der Waals surface area contributed by atoms with Crippen LogP contribution in [0.4, 0.5) is 10.1 Å². The molecule has 5 nitrogen and oxygen atoms in total. The summed E-state index contributed by atoms with van der Waals surface area (Å²) in [7, 11) is 0. The van der Waals surface area contributed by atoms with Crippen LogP contribution in [0.25, 0.3) is 0 Å². The van der Waals surface area contributed by atoms with E-state index in [1.54, 1.807) is 0 Å². The molecule has 0 fully saturated rings. The van der Waals surface area contributed by atoms with Crippen LogP contribution in [0, 0.1) is 5.82 Å². The average molecular weight is 254 g/mol. The topological polar surface area (TPSA) is 83.6 Å². The lowest BCUT2D eigenvalue weighted by atomic mass is 10.1. The van der Waals surface area contributed by atoms with Gasteiger partial charge in [0.1, 0.15) is 12.4 Å². The molecule has 0 aliphatic carbocycles. The molecule has 1 aromatic rings. The van der Waals surface area contributed by atoms with Crippen molar-refractivity contribution in [3.63, 3.8) is 0 Å². The second kappa shape index (κ2) is 6.00. The largest absolute Gasteiger partial charge is 0.480 e. The molecule has 0 saturated heterocycles. The Morgan fingerprint density at radius 2 is 2.11 bits per heavy atom. The van der Waals surface area contributed by atoms with Gasteiger partial charge in [-0.2, -0.15) is 0 Å². The molecule has 0 aliphatic heterocycles. The molecular weight excluding hydrogens is 239 g/mol. The molecule has 0 heterocycles. The number of carboxylic acid groups (broad SMARTS) is 1. The van der Waals surface area contributed by atoms with Gasteiger partial charge in [-0.15, -0.1) is 0 Å². The van der Waals surface area contributed by atoms with Crippen LogP contribution in [0.3, 0.4) is 0 Å². The molecule has 0 saturated carbocycles. The number of rotatable bonds is 6. The van der Waals surface area contributed by atoms with Crippen molar-refractivity contribution in [1.29, 1.82) is 0 Å². The van der Waals surface area contributed by atoms with E-state index in [4.69, 9.17) is 10.8 Å². The molecule has 3 N–H and O–H groups in total. The third kappa shape index (κ3) is 3.19. The Labute approximate surface area is 104 Å². The van der Waals surface area contributed by atoms with E-state index in [0.29, 0.717) is 13.0 Å². The summed E-state index contributed by atoms with van der Waals surface area (Å²) in [5.74, 6) is -2.70. The number of nitrogens with zero attached hydrogens (tertiary/aromatic N) is 1. The number of carboxylic acids is 1. The van der Waals surface area contributed by atoms with Crippen LogP contribution >= 0.6 is 0 Å². The number of aliphatic carboxylic acids is 1. The Hall–Kier alpha value is -2.11. The molecule has 0 radical (unpaired) electrons. The van der Waals surface area contributed by atoms with E-state index in [1.165, 1.54) is 17.0 Å². The van der Waals surface area contributed by atoms with Gasteiger partial charge in [0.05, 0.1) is 11.3 Å². The summed E-state index contributed by atoms with van der Waals surface area (Å²) in [5.41, 5.74) is 5.07. The van der Waals surface area contributed by atoms with Gasteiger partial charge in [-0.3, -0.25) is 9.59 Å². The van der Waals surface area contributed by atoms with Gasteiger partial charge in [-0.1, -0.05) is 13.0 Å². The van der Waals surface area contributed by atoms with Gasteiger partial charge in [-0.05, 0) is 18.6 Å². The minimum absolute atomic E-state index is 0.215. The van der Waals surface area contributed by atoms with Crippen molar-refractivity contribution in [2.75, 3.05) is 18.0 Å². The smallest absolute Gasteiger partial charge is 0.323 e. The molecule has 0 bridgehead atoms. The third-order valence-electron chi connectivity index (χ3n) is 2.40. The van der Waals surface area contributed by atoms with Crippen LogP contribution in [0.5, 0.6) is 0 Å². The van der Waals surface area contributed by atoms with Gasteiger partial charge in [-0.25, -0.2) is 4.39 Å². The summed E-state index contributed by atoms with van der Waals surface area (Å²) in [4.78, 5) is 23.4. The highest BCUT2D eigenvalue weighted by atomic mass is 19.1. The summed E-state index contributed by atoms with van der Waals surface area (Å²) < 4.78 is 13.6. The molecule has 0 spiro atoms. The molecule has 0 unspecified atom stereocenters. The predicted molar refractivity (Wildman–Crippen MR) is 65.1 cm³/mol. The fourth-order valence-corrected chi connectivity index (χ4v) is 1.74. The van der Waals surface area contributed by atoms with Crippen LogP contribution in [0.1, 0.15) is 23.7 Å². The number of anilines is 1. The van der Waals surface area contributed by atoms with Gasteiger partial charge in [0.2, 0.25) is 0 Å². The van der Waals surface area contributed by atoms with Crippen molar-refractivity contribution >= 4 is 17.6 Å². The molecule has 0 aliphatic rings. The zero-order valence-corrected chi connectivity index (χ0v) is 10.0. The average Bonchev–Trinajstić information content (AvgIpc) is 2.27. The lowest BCUT2D eigenvalue weighted by molar-refractivity contribution is -0.135. The van der Waals surface area contributed by atoms with Crippen LogP contribution in [-0.2, 0) is 4.79 Å². The van der Waals surface area contributed by atoms with Crippen molar-refractivity contribution < 1.29 is 19.1 Å². The Morgan fingerprint density at radius 1 is 1.44 bits per heavy atom. The first-order valence-corrected chi connectivity index (χ1v) is 5.52. The highest BCUT2D eigenvalue weighted by Crippen LogP contribution is 2.23. The van der Waals surface area contributed by atoms with Crippen LogP contribution in [-0.4, -0.2) is 30.1 Å². The molecule has 0 atom stereocenters. The molecule has 98 valence electrons. The number of carbonyl (C=O) groups excluding carboxylic acids is 1. The zero-order chi connectivity index (χ0) is 13.7. The summed E-state index contributed by atoms with van der Waals surface area (Å²) in [6.45, 7) is 1.95. The van der Waals surface area contributed by atoms with Gasteiger partial charge in [0, 0.05) is 6.54 Å². The van der Waals surface area contributed by atoms with Crippen molar-refractivity contribution in [2.24, 2.45) is 5.73 Å². The number of nitrogens with two attached hydrogens (primary N) is 1. The molecule has 1 amide bonds. The Balaban J connectivity index is 3.22. The molecule has 18 heavy (non-hydrogen) atoms. The van der Waals surface area contributed by atoms with E-state index < -0.39 is 17.7 Å². The number of hydrogen-bond acceptors (Lipinski definition) is 3. The van der Waals surface area contributed by atoms with Crippen LogP contribution in [0.2, 0.25) is 0 Å². The SMILES string of the molecule is CCCN(CC(=O)O)c1cccc(F)c1C(N)=O. The first-order valence-electron chi connectivity index (χ1n) is 5.52. The van der Waals surface area contributed by atoms with Crippen LogP contribution < -0.4 is 10.6 Å². The summed E-state index contributed by atoms with van der Waals surface area (Å²) in [6.07, 6.45) is 0.669. The highest BCUT2D eigenvalue weighted by molar-refractivity contribution is 5.99. The highest BCUT2D eigenvalue weighted by Gasteiger charge is 2.19. The third-order valence-corrected chi connectivity index (χ3v) is 2.40. The normalized spacial score (nSPS) is 10.1. The monoisotopic (exact) mass is 254 g/mol. The fraction of sp³-hybridized carbons (Fsp3) is 0.333. The minimum Gasteiger partial charge on any atom is -0.480 e. The molecule has 1 aromatic carbocycles. The van der Waals surface area contributed by atoms with E-state index in [-0.39, 0.29) is 17.8 Å². The molecule has 1 rings (SSSR count). The van der Waals surface area contributed by atoms with E-state index in [1.807, 2.05) is 6.92 Å². The summed E-state index contributed by atoms with van der Waals surface area (Å²) in [5, 5.41) is 8.82. The Kier molecular flexibility index (Phi) is 4.65. The number of halogens is 1. The summed E-state index contributed by atoms with van der Waals surface area (Å²) >= 11 is 0. The van der Waals surface area contributed by atoms with E-state index >= 15 is 0 Å². The first-order chi connectivity index (χ1) is 8.47. The number of primary amides is 1. The fourth-order valence-electron chi connectivity index (χ4n) is 1.74. The van der Waals surface area contributed by atoms with E-state index in [0.717, 1.165) is 6.07 Å². The lowest BCUT2D eigenvalue weighted by Crippen LogP contribution is -2.32. The predicted octanol–water partition coefficient (Wildman–Crippen LogP) is 1.23. The second-order valence-electron chi connectivity index (χ2n) is 3.81. The number of benzene rings is 1. The van der Waals surface area contributed by atoms with E-state index in [9.17, 15) is 14.0 Å². The van der Waals surface area contributed by atoms with Crippen molar-refractivity contribution in [2.45, 2.75) is 13.3 Å². The molecule has 6 heteroatoms. The maximum absolute atomic E-state index is 13.6. The number of hydrogen-bond donors (Lipinski definition) is 2. The number of amides is 1. The van der Waals surface area contributed by atoms with Gasteiger partial charge < -0.3 is 15.7 Å². The van der Waals surface area contributed by atoms with Crippen molar-refractivity contribution in [1.82, 2.24) is 0 Å². The van der Waals surface area contributed by atoms with E-state index in [2.05, 4.69) is 0 Å². The van der Waals surface area contributed by atoms with Crippen LogP contribution in [0.15, 0.2) is 18.2 Å². The Bertz CT molecular complexity index is 463. The minimum atomic E-state index is -1.05. The lowest BCUT2D eigenvalue weighted by Gasteiger charge is -2.24. The molecular formula is C12H15FN2O3. The molecule has 0 aromatic heterocycles. The number of carbonyl (C=O) groups is 2. The quantitative estimate of drug-likeness (QED) is 0.799. The van der Waals surface area contributed by atoms with Crippen molar-refractivity contribution in [3.05, 3.63) is 29.6 Å².